The van der Waals surface area contributed by atoms with E-state index in [1.807, 2.05) is 0 Å². The van der Waals surface area contributed by atoms with Gasteiger partial charge in [-0.2, -0.15) is 5.26 Å². The molecule has 0 saturated carbocycles. The van der Waals surface area contributed by atoms with Crippen LogP contribution in [0.3, 0.4) is 0 Å². The van der Waals surface area contributed by atoms with E-state index in [0.717, 1.165) is 25.9 Å². The molecule has 2 rings (SSSR count). The molecule has 0 spiro atoms. The lowest BCUT2D eigenvalue weighted by atomic mass is 9.98. The molecule has 1 aliphatic rings. The summed E-state index contributed by atoms with van der Waals surface area (Å²) >= 11 is 0. The molecule has 1 aromatic heterocycles. The van der Waals surface area contributed by atoms with E-state index in [1.54, 1.807) is 6.20 Å². The molecule has 6 heteroatoms. The minimum atomic E-state index is 0.351. The molecule has 0 radical (unpaired) electrons. The molecule has 1 saturated heterocycles. The van der Waals surface area contributed by atoms with Crippen molar-refractivity contribution in [1.29, 1.82) is 5.26 Å². The average Bonchev–Trinajstić information content (AvgIpc) is 2.78. The highest BCUT2D eigenvalue weighted by Gasteiger charge is 2.15. The standard InChI is InChI=1S/C12H18N6/c13-5-9-7-18-12(15)10(9)11(14)17-6-8-1-3-16-4-2-8/h7-8,16,18H,1-4,6,15H2,(H2,14,17). The molecule has 0 amide bonds. The molecule has 1 aromatic rings. The first-order chi connectivity index (χ1) is 8.72. The highest BCUT2D eigenvalue weighted by atomic mass is 14.9. The van der Waals surface area contributed by atoms with Gasteiger partial charge in [-0.15, -0.1) is 0 Å². The number of rotatable bonds is 3. The first kappa shape index (κ1) is 12.5. The minimum absolute atomic E-state index is 0.351. The van der Waals surface area contributed by atoms with Gasteiger partial charge in [0, 0.05) is 12.7 Å². The second-order valence-electron chi connectivity index (χ2n) is 4.52. The van der Waals surface area contributed by atoms with Gasteiger partial charge in [0.1, 0.15) is 17.7 Å². The van der Waals surface area contributed by atoms with Crippen molar-refractivity contribution in [3.8, 4) is 6.07 Å². The Morgan fingerprint density at radius 3 is 2.89 bits per heavy atom. The summed E-state index contributed by atoms with van der Waals surface area (Å²) in [5.41, 5.74) is 12.6. The lowest BCUT2D eigenvalue weighted by molar-refractivity contribution is 0.383. The number of nitrogens with one attached hydrogen (secondary N) is 2. The molecule has 96 valence electrons. The number of aromatic nitrogens is 1. The maximum Gasteiger partial charge on any atom is 0.130 e. The van der Waals surface area contributed by atoms with Crippen molar-refractivity contribution in [2.75, 3.05) is 25.4 Å². The Labute approximate surface area is 106 Å². The molecule has 0 aromatic carbocycles. The van der Waals surface area contributed by atoms with Crippen LogP contribution in [-0.4, -0.2) is 30.5 Å². The quantitative estimate of drug-likeness (QED) is 0.449. The first-order valence-corrected chi connectivity index (χ1v) is 6.10. The molecule has 6 nitrogen and oxygen atoms in total. The molecule has 6 N–H and O–H groups in total. The third-order valence-corrected chi connectivity index (χ3v) is 3.27. The van der Waals surface area contributed by atoms with Crippen LogP contribution in [0.2, 0.25) is 0 Å². The molecule has 0 unspecified atom stereocenters. The number of H-pyrrole nitrogens is 1. The van der Waals surface area contributed by atoms with Gasteiger partial charge in [0.25, 0.3) is 0 Å². The van der Waals surface area contributed by atoms with Gasteiger partial charge < -0.3 is 21.8 Å². The Bertz CT molecular complexity index is 475. The van der Waals surface area contributed by atoms with E-state index in [-0.39, 0.29) is 0 Å². The van der Waals surface area contributed by atoms with Crippen LogP contribution in [0.1, 0.15) is 24.0 Å². The third kappa shape index (κ3) is 2.63. The van der Waals surface area contributed by atoms with E-state index in [1.165, 1.54) is 0 Å². The number of aliphatic imine (C=N–C) groups is 1. The van der Waals surface area contributed by atoms with Gasteiger partial charge in [-0.1, -0.05) is 0 Å². The van der Waals surface area contributed by atoms with Crippen molar-refractivity contribution in [2.24, 2.45) is 16.6 Å². The fourth-order valence-electron chi connectivity index (χ4n) is 2.17. The number of anilines is 1. The van der Waals surface area contributed by atoms with Gasteiger partial charge in [-0.3, -0.25) is 4.99 Å². The molecule has 0 atom stereocenters. The number of piperidine rings is 1. The van der Waals surface area contributed by atoms with Gasteiger partial charge in [-0.05, 0) is 31.8 Å². The largest absolute Gasteiger partial charge is 0.385 e. The number of amidine groups is 1. The summed E-state index contributed by atoms with van der Waals surface area (Å²) in [6, 6.07) is 2.05. The first-order valence-electron chi connectivity index (χ1n) is 6.10. The van der Waals surface area contributed by atoms with Crippen molar-refractivity contribution < 1.29 is 0 Å². The molecule has 18 heavy (non-hydrogen) atoms. The Morgan fingerprint density at radius 1 is 1.50 bits per heavy atom. The van der Waals surface area contributed by atoms with Gasteiger partial charge >= 0.3 is 0 Å². The molecule has 0 bridgehead atoms. The molecule has 0 aliphatic carbocycles. The third-order valence-electron chi connectivity index (χ3n) is 3.27. The summed E-state index contributed by atoms with van der Waals surface area (Å²) < 4.78 is 0. The van der Waals surface area contributed by atoms with Gasteiger partial charge in [-0.25, -0.2) is 0 Å². The highest BCUT2D eigenvalue weighted by molar-refractivity contribution is 6.03. The molecule has 1 aliphatic heterocycles. The number of nitrogen functional groups attached to an aromatic ring is 1. The summed E-state index contributed by atoms with van der Waals surface area (Å²) in [5, 5.41) is 12.3. The van der Waals surface area contributed by atoms with E-state index in [0.29, 0.717) is 35.2 Å². The van der Waals surface area contributed by atoms with Crippen LogP contribution in [-0.2, 0) is 0 Å². The van der Waals surface area contributed by atoms with E-state index in [4.69, 9.17) is 16.7 Å². The Hall–Kier alpha value is -2.00. The van der Waals surface area contributed by atoms with E-state index < -0.39 is 0 Å². The Balaban J connectivity index is 2.07. The van der Waals surface area contributed by atoms with Crippen LogP contribution >= 0.6 is 0 Å². The van der Waals surface area contributed by atoms with E-state index in [9.17, 15) is 0 Å². The zero-order valence-corrected chi connectivity index (χ0v) is 10.2. The average molecular weight is 246 g/mol. The fraction of sp³-hybridized carbons (Fsp3) is 0.500. The SMILES string of the molecule is N#Cc1c[nH]c(N)c1C(N)=NCC1CCNCC1. The number of nitrogens with two attached hydrogens (primary N) is 2. The molecular formula is C12H18N6. The van der Waals surface area contributed by atoms with Crippen molar-refractivity contribution in [3.05, 3.63) is 17.3 Å². The number of nitrogens with zero attached hydrogens (tertiary/aromatic N) is 2. The van der Waals surface area contributed by atoms with Crippen LogP contribution in [0.5, 0.6) is 0 Å². The van der Waals surface area contributed by atoms with E-state index >= 15 is 0 Å². The number of aromatic amines is 1. The predicted molar refractivity (Wildman–Crippen MR) is 71.1 cm³/mol. The summed E-state index contributed by atoms with van der Waals surface area (Å²) in [6.07, 6.45) is 3.78. The lowest BCUT2D eigenvalue weighted by Crippen LogP contribution is -2.29. The number of hydrogen-bond donors (Lipinski definition) is 4. The van der Waals surface area contributed by atoms with Gasteiger partial charge in [0.2, 0.25) is 0 Å². The highest BCUT2D eigenvalue weighted by Crippen LogP contribution is 2.16. The molecule has 2 heterocycles. The smallest absolute Gasteiger partial charge is 0.130 e. The van der Waals surface area contributed by atoms with Crippen LogP contribution in [0, 0.1) is 17.2 Å². The Kier molecular flexibility index (Phi) is 3.85. The van der Waals surface area contributed by atoms with Gasteiger partial charge in [0.05, 0.1) is 11.1 Å². The maximum atomic E-state index is 8.95. The Morgan fingerprint density at radius 2 is 2.22 bits per heavy atom. The molecular weight excluding hydrogens is 228 g/mol. The topological polar surface area (TPSA) is 116 Å². The molecule has 1 fully saturated rings. The number of nitriles is 1. The van der Waals surface area contributed by atoms with Crippen LogP contribution < -0.4 is 16.8 Å². The van der Waals surface area contributed by atoms with Crippen molar-refractivity contribution in [2.45, 2.75) is 12.8 Å². The zero-order chi connectivity index (χ0) is 13.0. The summed E-state index contributed by atoms with van der Waals surface area (Å²) in [6.45, 7) is 2.77. The van der Waals surface area contributed by atoms with Crippen LogP contribution in [0.15, 0.2) is 11.2 Å². The van der Waals surface area contributed by atoms with Crippen molar-refractivity contribution in [1.82, 2.24) is 10.3 Å². The second kappa shape index (κ2) is 5.56. The summed E-state index contributed by atoms with van der Waals surface area (Å²) in [5.74, 6) is 1.32. The maximum absolute atomic E-state index is 8.95. The predicted octanol–water partition coefficient (Wildman–Crippen LogP) is 0.173. The van der Waals surface area contributed by atoms with Crippen molar-refractivity contribution in [3.63, 3.8) is 0 Å². The number of hydrogen-bond acceptors (Lipinski definition) is 4. The van der Waals surface area contributed by atoms with Gasteiger partial charge in [0.15, 0.2) is 0 Å². The van der Waals surface area contributed by atoms with E-state index in [2.05, 4.69) is 21.4 Å². The summed E-state index contributed by atoms with van der Waals surface area (Å²) in [7, 11) is 0. The van der Waals surface area contributed by atoms with Crippen LogP contribution in [0.4, 0.5) is 5.82 Å². The minimum Gasteiger partial charge on any atom is -0.385 e. The zero-order valence-electron chi connectivity index (χ0n) is 10.2. The normalized spacial score (nSPS) is 17.6. The summed E-state index contributed by atoms with van der Waals surface area (Å²) in [4.78, 5) is 7.17. The van der Waals surface area contributed by atoms with Crippen molar-refractivity contribution >= 4 is 11.7 Å². The van der Waals surface area contributed by atoms with Crippen LogP contribution in [0.25, 0.3) is 0 Å². The second-order valence-corrected chi connectivity index (χ2v) is 4.52. The fourth-order valence-corrected chi connectivity index (χ4v) is 2.17. The lowest BCUT2D eigenvalue weighted by Gasteiger charge is -2.20. The monoisotopic (exact) mass is 246 g/mol.